The number of hydroxylamine groups is 1. The Morgan fingerprint density at radius 3 is 2.53 bits per heavy atom. The molecule has 17 heavy (non-hydrogen) atoms. The van der Waals surface area contributed by atoms with Crippen LogP contribution in [0.5, 0.6) is 0 Å². The molecule has 0 fully saturated rings. The highest BCUT2D eigenvalue weighted by molar-refractivity contribution is 6.26. The summed E-state index contributed by atoms with van der Waals surface area (Å²) in [5, 5.41) is 10.4. The molecule has 0 saturated heterocycles. The van der Waals surface area contributed by atoms with Gasteiger partial charge in [0.05, 0.1) is 10.6 Å². The van der Waals surface area contributed by atoms with E-state index < -0.39 is 10.9 Å². The van der Waals surface area contributed by atoms with Crippen LogP contribution in [0.2, 0.25) is 0 Å². The van der Waals surface area contributed by atoms with Crippen molar-refractivity contribution in [3.05, 3.63) is 46.5 Å². The molecular formula is C10H9ClN2O4. The summed E-state index contributed by atoms with van der Waals surface area (Å²) in [6.45, 7) is 3.60. The third-order valence-electron chi connectivity index (χ3n) is 1.82. The predicted molar refractivity (Wildman–Crippen MR) is 62.1 cm³/mol. The van der Waals surface area contributed by atoms with Crippen LogP contribution in [0.1, 0.15) is 5.56 Å². The molecule has 1 aromatic carbocycles. The highest BCUT2D eigenvalue weighted by Crippen LogP contribution is 2.15. The fraction of sp³-hybridized carbons (Fsp3) is 0.100. The molecule has 1 N–H and O–H groups in total. The Morgan fingerprint density at radius 1 is 1.47 bits per heavy atom. The van der Waals surface area contributed by atoms with Gasteiger partial charge < -0.3 is 4.84 Å². The van der Waals surface area contributed by atoms with Crippen LogP contribution in [0.4, 0.5) is 5.69 Å². The number of rotatable bonds is 5. The van der Waals surface area contributed by atoms with E-state index in [1.807, 2.05) is 0 Å². The summed E-state index contributed by atoms with van der Waals surface area (Å²) in [4.78, 5) is 25.2. The van der Waals surface area contributed by atoms with Crippen molar-refractivity contribution in [1.29, 1.82) is 0 Å². The molecule has 0 spiro atoms. The number of nitro groups is 1. The molecule has 0 aromatic heterocycles. The molecular weight excluding hydrogens is 248 g/mol. The van der Waals surface area contributed by atoms with Gasteiger partial charge in [0.15, 0.2) is 0 Å². The van der Waals surface area contributed by atoms with Crippen molar-refractivity contribution in [2.45, 2.75) is 0 Å². The van der Waals surface area contributed by atoms with Gasteiger partial charge in [-0.15, -0.1) is 11.6 Å². The number of nitrogens with zero attached hydrogens (tertiary/aromatic N) is 1. The van der Waals surface area contributed by atoms with Gasteiger partial charge in [0.1, 0.15) is 5.88 Å². The summed E-state index contributed by atoms with van der Waals surface area (Å²) in [5.74, 6) is -0.921. The number of hydrogen-bond acceptors (Lipinski definition) is 5. The lowest BCUT2D eigenvalue weighted by molar-refractivity contribution is -0.384. The average Bonchev–Trinajstić information content (AvgIpc) is 2.35. The van der Waals surface area contributed by atoms with Crippen molar-refractivity contribution in [2.75, 3.05) is 5.88 Å². The van der Waals surface area contributed by atoms with Crippen LogP contribution >= 0.6 is 11.6 Å². The highest BCUT2D eigenvalue weighted by Gasteiger charge is 2.07. The zero-order valence-corrected chi connectivity index (χ0v) is 9.44. The van der Waals surface area contributed by atoms with Crippen LogP contribution in [0.25, 0.3) is 5.70 Å². The number of benzene rings is 1. The molecule has 0 aliphatic heterocycles. The summed E-state index contributed by atoms with van der Waals surface area (Å²) in [6.07, 6.45) is 0. The first-order chi connectivity index (χ1) is 8.04. The monoisotopic (exact) mass is 256 g/mol. The van der Waals surface area contributed by atoms with Crippen molar-refractivity contribution in [1.82, 2.24) is 5.48 Å². The maximum atomic E-state index is 10.7. The van der Waals surface area contributed by atoms with Gasteiger partial charge in [-0.25, -0.2) is 10.3 Å². The molecule has 0 radical (unpaired) electrons. The number of carbonyl (C=O) groups is 1. The van der Waals surface area contributed by atoms with E-state index in [0.717, 1.165) is 0 Å². The molecule has 0 saturated carbocycles. The molecule has 0 bridgehead atoms. The van der Waals surface area contributed by atoms with Gasteiger partial charge in [0.2, 0.25) is 0 Å². The smallest absolute Gasteiger partial charge is 0.342 e. The standard InChI is InChI=1S/C10H9ClN2O4/c1-7(12-17-10(14)6-11)8-2-4-9(5-3-8)13(15)16/h2-5,12H,1,6H2. The minimum atomic E-state index is -0.644. The maximum absolute atomic E-state index is 10.7. The quantitative estimate of drug-likeness (QED) is 0.494. The minimum Gasteiger partial charge on any atom is -0.342 e. The minimum absolute atomic E-state index is 0.0284. The van der Waals surface area contributed by atoms with Gasteiger partial charge in [0.25, 0.3) is 5.69 Å². The summed E-state index contributed by atoms with van der Waals surface area (Å²) in [6, 6.07) is 5.63. The number of nitro benzene ring substituents is 1. The zero-order valence-electron chi connectivity index (χ0n) is 8.68. The first kappa shape index (κ1) is 13.0. The Balaban J connectivity index is 2.64. The van der Waals surface area contributed by atoms with Gasteiger partial charge in [-0.3, -0.25) is 10.1 Å². The van der Waals surface area contributed by atoms with Crippen molar-refractivity contribution in [3.63, 3.8) is 0 Å². The molecule has 0 aliphatic rings. The van der Waals surface area contributed by atoms with Crippen LogP contribution in [-0.4, -0.2) is 16.8 Å². The van der Waals surface area contributed by atoms with E-state index in [4.69, 9.17) is 11.6 Å². The van der Waals surface area contributed by atoms with Crippen LogP contribution < -0.4 is 5.48 Å². The number of carbonyl (C=O) groups excluding carboxylic acids is 1. The number of non-ortho nitro benzene ring substituents is 1. The molecule has 6 nitrogen and oxygen atoms in total. The largest absolute Gasteiger partial charge is 0.346 e. The SMILES string of the molecule is C=C(NOC(=O)CCl)c1ccc([N+](=O)[O-])cc1. The molecule has 1 aromatic rings. The van der Waals surface area contributed by atoms with Crippen LogP contribution in [0.15, 0.2) is 30.8 Å². The molecule has 0 heterocycles. The molecule has 0 aliphatic carbocycles. The number of halogens is 1. The summed E-state index contributed by atoms with van der Waals surface area (Å²) >= 11 is 5.22. The van der Waals surface area contributed by atoms with E-state index in [-0.39, 0.29) is 11.6 Å². The molecule has 0 atom stereocenters. The summed E-state index contributed by atoms with van der Waals surface area (Å²) in [7, 11) is 0. The fourth-order valence-electron chi connectivity index (χ4n) is 0.989. The Labute approximate surface area is 102 Å². The topological polar surface area (TPSA) is 81.5 Å². The van der Waals surface area contributed by atoms with E-state index in [1.165, 1.54) is 24.3 Å². The van der Waals surface area contributed by atoms with Gasteiger partial charge >= 0.3 is 5.97 Å². The van der Waals surface area contributed by atoms with E-state index >= 15 is 0 Å². The Hall–Kier alpha value is -2.08. The van der Waals surface area contributed by atoms with E-state index in [1.54, 1.807) is 0 Å². The zero-order chi connectivity index (χ0) is 12.8. The number of alkyl halides is 1. The normalized spacial score (nSPS) is 9.47. The van der Waals surface area contributed by atoms with Crippen molar-refractivity contribution >= 4 is 29.0 Å². The van der Waals surface area contributed by atoms with Crippen molar-refractivity contribution < 1.29 is 14.6 Å². The number of nitrogens with one attached hydrogen (secondary N) is 1. The van der Waals surface area contributed by atoms with Crippen LogP contribution in [0.3, 0.4) is 0 Å². The second kappa shape index (κ2) is 5.86. The lowest BCUT2D eigenvalue weighted by Crippen LogP contribution is -2.18. The van der Waals surface area contributed by atoms with E-state index in [2.05, 4.69) is 16.9 Å². The Bertz CT molecular complexity index is 444. The number of hydrogen-bond donors (Lipinski definition) is 1. The molecule has 7 heteroatoms. The molecule has 90 valence electrons. The predicted octanol–water partition coefficient (Wildman–Crippen LogP) is 1.85. The summed E-state index contributed by atoms with van der Waals surface area (Å²) in [5.41, 5.74) is 3.14. The molecule has 0 amide bonds. The highest BCUT2D eigenvalue weighted by atomic mass is 35.5. The third-order valence-corrected chi connectivity index (χ3v) is 2.04. The van der Waals surface area contributed by atoms with Gasteiger partial charge in [0, 0.05) is 17.7 Å². The van der Waals surface area contributed by atoms with Gasteiger partial charge in [-0.2, -0.15) is 0 Å². The lowest BCUT2D eigenvalue weighted by atomic mass is 10.2. The first-order valence-corrected chi connectivity index (χ1v) is 5.03. The average molecular weight is 257 g/mol. The third kappa shape index (κ3) is 3.76. The fourth-order valence-corrected chi connectivity index (χ4v) is 1.04. The van der Waals surface area contributed by atoms with Crippen LogP contribution in [-0.2, 0) is 9.63 Å². The Kier molecular flexibility index (Phi) is 4.47. The summed E-state index contributed by atoms with van der Waals surface area (Å²) < 4.78 is 0. The molecule has 0 unspecified atom stereocenters. The van der Waals surface area contributed by atoms with Gasteiger partial charge in [-0.1, -0.05) is 6.58 Å². The van der Waals surface area contributed by atoms with E-state index in [0.29, 0.717) is 11.3 Å². The van der Waals surface area contributed by atoms with Crippen LogP contribution in [0, 0.1) is 10.1 Å². The first-order valence-electron chi connectivity index (χ1n) is 4.50. The lowest BCUT2D eigenvalue weighted by Gasteiger charge is -2.08. The Morgan fingerprint density at radius 2 is 2.06 bits per heavy atom. The molecule has 1 rings (SSSR count). The van der Waals surface area contributed by atoms with Gasteiger partial charge in [-0.05, 0) is 12.1 Å². The van der Waals surface area contributed by atoms with E-state index in [9.17, 15) is 14.9 Å². The van der Waals surface area contributed by atoms with Crippen molar-refractivity contribution in [2.24, 2.45) is 0 Å². The second-order valence-electron chi connectivity index (χ2n) is 2.99. The maximum Gasteiger partial charge on any atom is 0.346 e. The van der Waals surface area contributed by atoms with Crippen molar-refractivity contribution in [3.8, 4) is 0 Å². The second-order valence-corrected chi connectivity index (χ2v) is 3.26.